The quantitative estimate of drug-likeness (QED) is 0.436. The number of benzene rings is 2. The van der Waals surface area contributed by atoms with Gasteiger partial charge in [0.05, 0.1) is 23.4 Å². The van der Waals surface area contributed by atoms with Crippen LogP contribution in [-0.2, 0) is 0 Å². The number of β-amino-alcohol motifs (C(OH)–C–C–N with tert-alkyl or cyclic N) is 1. The van der Waals surface area contributed by atoms with Crippen molar-refractivity contribution in [2.75, 3.05) is 45.6 Å². The van der Waals surface area contributed by atoms with Gasteiger partial charge in [-0.3, -0.25) is 4.79 Å². The summed E-state index contributed by atoms with van der Waals surface area (Å²) in [5, 5.41) is 14.2. The number of methoxy groups -OCH3 is 1. The molecule has 1 amide bonds. The van der Waals surface area contributed by atoms with E-state index in [1.807, 2.05) is 0 Å². The highest BCUT2D eigenvalue weighted by Crippen LogP contribution is 2.29. The van der Waals surface area contributed by atoms with Gasteiger partial charge in [0.2, 0.25) is 0 Å². The number of nitrogen functional groups attached to an aromatic ring is 1. The van der Waals surface area contributed by atoms with Gasteiger partial charge in [-0.2, -0.15) is 0 Å². The van der Waals surface area contributed by atoms with Crippen LogP contribution < -0.4 is 20.5 Å². The number of piperidine rings is 1. The lowest BCUT2D eigenvalue weighted by atomic mass is 9.96. The first kappa shape index (κ1) is 27.3. The molecule has 182 valence electrons. The minimum absolute atomic E-state index is 0. The van der Waals surface area contributed by atoms with E-state index in [0.29, 0.717) is 51.8 Å². The molecule has 1 saturated heterocycles. The van der Waals surface area contributed by atoms with Crippen LogP contribution in [0.25, 0.3) is 0 Å². The molecule has 3 rings (SSSR count). The molecule has 2 aromatic rings. The van der Waals surface area contributed by atoms with Crippen molar-refractivity contribution >= 4 is 47.2 Å². The van der Waals surface area contributed by atoms with Crippen LogP contribution in [0.1, 0.15) is 23.2 Å². The highest BCUT2D eigenvalue weighted by atomic mass is 35.5. The number of rotatable bonds is 9. The Morgan fingerprint density at radius 3 is 2.55 bits per heavy atom. The lowest BCUT2D eigenvalue weighted by Crippen LogP contribution is -2.42. The highest BCUT2D eigenvalue weighted by Gasteiger charge is 2.23. The zero-order valence-corrected chi connectivity index (χ0v) is 20.8. The highest BCUT2D eigenvalue weighted by molar-refractivity contribution is 6.33. The molecule has 0 spiro atoms. The van der Waals surface area contributed by atoms with E-state index < -0.39 is 6.10 Å². The molecule has 7 nitrogen and oxygen atoms in total. The molecule has 0 bridgehead atoms. The molecule has 2 aromatic carbocycles. The van der Waals surface area contributed by atoms with Gasteiger partial charge in [-0.25, -0.2) is 0 Å². The van der Waals surface area contributed by atoms with E-state index in [4.69, 9.17) is 38.4 Å². The molecule has 1 unspecified atom stereocenters. The van der Waals surface area contributed by atoms with E-state index in [1.54, 1.807) is 30.3 Å². The van der Waals surface area contributed by atoms with Crippen LogP contribution in [0.15, 0.2) is 36.4 Å². The second-order valence-electron chi connectivity index (χ2n) is 7.95. The Morgan fingerprint density at radius 2 is 1.91 bits per heavy atom. The summed E-state index contributed by atoms with van der Waals surface area (Å²) in [5.74, 6) is 1.21. The minimum Gasteiger partial charge on any atom is -0.496 e. The SMILES string of the molecule is COc1cc(N)c(Cl)cc1C(=O)NCC1CCN(CC(O)COc2ccc(Cl)cc2)CC1.Cl. The topological polar surface area (TPSA) is 97.0 Å². The van der Waals surface area contributed by atoms with Gasteiger partial charge >= 0.3 is 0 Å². The Morgan fingerprint density at radius 1 is 1.24 bits per heavy atom. The third-order valence-corrected chi connectivity index (χ3v) is 6.13. The monoisotopic (exact) mass is 517 g/mol. The number of likely N-dealkylation sites (tertiary alicyclic amines) is 1. The number of anilines is 1. The van der Waals surface area contributed by atoms with Crippen LogP contribution >= 0.6 is 35.6 Å². The number of aliphatic hydroxyl groups excluding tert-OH is 1. The molecule has 0 aliphatic carbocycles. The molecule has 0 radical (unpaired) electrons. The van der Waals surface area contributed by atoms with Crippen molar-refractivity contribution in [1.82, 2.24) is 10.2 Å². The van der Waals surface area contributed by atoms with Gasteiger partial charge in [-0.1, -0.05) is 23.2 Å². The van der Waals surface area contributed by atoms with E-state index >= 15 is 0 Å². The fourth-order valence-electron chi connectivity index (χ4n) is 3.69. The summed E-state index contributed by atoms with van der Waals surface area (Å²) in [6.07, 6.45) is 1.29. The number of aliphatic hydroxyl groups is 1. The Labute approximate surface area is 210 Å². The summed E-state index contributed by atoms with van der Waals surface area (Å²) in [5.41, 5.74) is 6.52. The summed E-state index contributed by atoms with van der Waals surface area (Å²) in [7, 11) is 1.49. The third-order valence-electron chi connectivity index (χ3n) is 5.55. The first-order valence-electron chi connectivity index (χ1n) is 10.6. The van der Waals surface area contributed by atoms with Crippen molar-refractivity contribution in [1.29, 1.82) is 0 Å². The standard InChI is InChI=1S/C23H29Cl2N3O4.ClH/c1-31-22-11-21(26)20(25)10-19(22)23(30)27-12-15-6-8-28(9-7-15)13-17(29)14-32-18-4-2-16(24)3-5-18;/h2-5,10-11,15,17,29H,6-9,12-14,26H2,1H3,(H,27,30);1H. The maximum absolute atomic E-state index is 12.6. The van der Waals surface area contributed by atoms with Gasteiger partial charge in [-0.15, -0.1) is 12.4 Å². The second-order valence-corrected chi connectivity index (χ2v) is 8.79. The van der Waals surface area contributed by atoms with Crippen molar-refractivity contribution in [3.05, 3.63) is 52.0 Å². The van der Waals surface area contributed by atoms with Gasteiger partial charge < -0.3 is 30.5 Å². The summed E-state index contributed by atoms with van der Waals surface area (Å²) in [6, 6.07) is 10.2. The Balaban J connectivity index is 0.00000385. The normalized spacial score (nSPS) is 15.4. The number of hydrogen-bond acceptors (Lipinski definition) is 6. The molecule has 1 aliphatic heterocycles. The van der Waals surface area contributed by atoms with Crippen LogP contribution in [0.4, 0.5) is 5.69 Å². The van der Waals surface area contributed by atoms with E-state index in [9.17, 15) is 9.90 Å². The zero-order valence-electron chi connectivity index (χ0n) is 18.4. The van der Waals surface area contributed by atoms with E-state index in [1.165, 1.54) is 13.2 Å². The second kappa shape index (κ2) is 13.1. The number of nitrogens with zero attached hydrogens (tertiary/aromatic N) is 1. The molecule has 1 aliphatic rings. The number of halogens is 3. The van der Waals surface area contributed by atoms with Crippen LogP contribution in [0, 0.1) is 5.92 Å². The smallest absolute Gasteiger partial charge is 0.255 e. The maximum atomic E-state index is 12.6. The van der Waals surface area contributed by atoms with E-state index in [-0.39, 0.29) is 24.9 Å². The van der Waals surface area contributed by atoms with Gasteiger partial charge in [0.1, 0.15) is 24.2 Å². The van der Waals surface area contributed by atoms with Crippen molar-refractivity contribution in [2.24, 2.45) is 5.92 Å². The number of nitrogens with one attached hydrogen (secondary N) is 1. The van der Waals surface area contributed by atoms with Gasteiger partial charge in [0, 0.05) is 24.2 Å². The zero-order chi connectivity index (χ0) is 23.1. The van der Waals surface area contributed by atoms with Crippen molar-refractivity contribution in [3.8, 4) is 11.5 Å². The van der Waals surface area contributed by atoms with Crippen molar-refractivity contribution in [2.45, 2.75) is 18.9 Å². The van der Waals surface area contributed by atoms with Gasteiger partial charge in [-0.05, 0) is 62.2 Å². The number of carbonyl (C=O) groups is 1. The Bertz CT molecular complexity index is 907. The van der Waals surface area contributed by atoms with E-state index in [2.05, 4.69) is 10.2 Å². The number of nitrogens with two attached hydrogens (primary N) is 1. The minimum atomic E-state index is -0.579. The van der Waals surface area contributed by atoms with Crippen LogP contribution in [0.2, 0.25) is 10.0 Å². The number of carbonyl (C=O) groups excluding carboxylic acids is 1. The Hall–Kier alpha value is -1.90. The Kier molecular flexibility index (Phi) is 10.9. The molecule has 1 atom stereocenters. The summed E-state index contributed by atoms with van der Waals surface area (Å²) < 4.78 is 10.9. The predicted octanol–water partition coefficient (Wildman–Crippen LogP) is 3.89. The van der Waals surface area contributed by atoms with Crippen LogP contribution in [-0.4, -0.2) is 61.9 Å². The molecule has 0 saturated carbocycles. The maximum Gasteiger partial charge on any atom is 0.255 e. The first-order chi connectivity index (χ1) is 15.4. The third kappa shape index (κ3) is 8.12. The molecule has 10 heteroatoms. The summed E-state index contributed by atoms with van der Waals surface area (Å²) >= 11 is 11.9. The van der Waals surface area contributed by atoms with Crippen molar-refractivity contribution in [3.63, 3.8) is 0 Å². The molecular formula is C23H30Cl3N3O4. The number of hydrogen-bond donors (Lipinski definition) is 3. The molecule has 1 fully saturated rings. The molecule has 1 heterocycles. The molecule has 4 N–H and O–H groups in total. The number of ether oxygens (including phenoxy) is 2. The lowest BCUT2D eigenvalue weighted by molar-refractivity contribution is 0.0548. The van der Waals surface area contributed by atoms with Crippen LogP contribution in [0.3, 0.4) is 0 Å². The van der Waals surface area contributed by atoms with Gasteiger partial charge in [0.25, 0.3) is 5.91 Å². The average Bonchev–Trinajstić information content (AvgIpc) is 2.79. The van der Waals surface area contributed by atoms with Crippen LogP contribution in [0.5, 0.6) is 11.5 Å². The van der Waals surface area contributed by atoms with Crippen molar-refractivity contribution < 1.29 is 19.4 Å². The fraction of sp³-hybridized carbons (Fsp3) is 0.435. The van der Waals surface area contributed by atoms with E-state index in [0.717, 1.165) is 25.9 Å². The number of amides is 1. The molecule has 0 aromatic heterocycles. The lowest BCUT2D eigenvalue weighted by Gasteiger charge is -2.33. The average molecular weight is 519 g/mol. The predicted molar refractivity (Wildman–Crippen MR) is 134 cm³/mol. The fourth-order valence-corrected chi connectivity index (χ4v) is 3.98. The molecular weight excluding hydrogens is 489 g/mol. The largest absolute Gasteiger partial charge is 0.496 e. The summed E-state index contributed by atoms with van der Waals surface area (Å²) in [6.45, 7) is 3.06. The van der Waals surface area contributed by atoms with Gasteiger partial charge in [0.15, 0.2) is 0 Å². The molecule has 33 heavy (non-hydrogen) atoms. The summed E-state index contributed by atoms with van der Waals surface area (Å²) in [4.78, 5) is 14.8. The first-order valence-corrected chi connectivity index (χ1v) is 11.3.